The van der Waals surface area contributed by atoms with Gasteiger partial charge < -0.3 is 24.0 Å². The van der Waals surface area contributed by atoms with Crippen molar-refractivity contribution in [2.24, 2.45) is 0 Å². The van der Waals surface area contributed by atoms with Crippen molar-refractivity contribution in [2.45, 2.75) is 43.6 Å². The topological polar surface area (TPSA) is 97.9 Å². The quantitative estimate of drug-likeness (QED) is 0.446. The maximum atomic E-state index is 13.0. The number of anilines is 1. The zero-order valence-corrected chi connectivity index (χ0v) is 22.4. The van der Waals surface area contributed by atoms with Crippen LogP contribution in [0.4, 0.5) is 5.69 Å². The van der Waals surface area contributed by atoms with Crippen molar-refractivity contribution >= 4 is 21.6 Å². The van der Waals surface area contributed by atoms with E-state index in [4.69, 9.17) is 19.0 Å². The molecule has 3 aliphatic rings. The molecule has 0 unspecified atom stereocenters. The third-order valence-corrected chi connectivity index (χ3v) is 8.21. The standard InChI is InChI=1S/C26H33N3O7S/c1-5-26(30)29-13-12-20(17-29)36-22-9-7-6-8-21(22)24-18-28(14-15-35-24)19-10-11-23(33-3)25(16-19)37(31,32)27(2)34-4/h7,9-11,14-16,18,20H,5-6,8,12-13,17H2,1-4H3/t20-/m0/s1. The highest BCUT2D eigenvalue weighted by Gasteiger charge is 2.29. The number of methoxy groups -OCH3 is 1. The summed E-state index contributed by atoms with van der Waals surface area (Å²) in [6.45, 7) is 3.13. The second-order valence-electron chi connectivity index (χ2n) is 8.74. The number of benzene rings is 1. The minimum Gasteiger partial charge on any atom is -0.495 e. The normalized spacial score (nSPS) is 19.8. The van der Waals surface area contributed by atoms with Gasteiger partial charge in [-0.2, -0.15) is 0 Å². The van der Waals surface area contributed by atoms with Crippen molar-refractivity contribution in [3.05, 3.63) is 66.1 Å². The highest BCUT2D eigenvalue weighted by Crippen LogP contribution is 2.35. The summed E-state index contributed by atoms with van der Waals surface area (Å²) in [5, 5.41) is 0. The van der Waals surface area contributed by atoms with Crippen LogP contribution in [0, 0.1) is 0 Å². The fraction of sp³-hybridized carbons (Fsp3) is 0.423. The molecule has 2 heterocycles. The number of amides is 1. The minimum absolute atomic E-state index is 0.0251. The molecular formula is C26H33N3O7S. The molecule has 0 N–H and O–H groups in total. The molecule has 2 aliphatic heterocycles. The Bertz CT molecular complexity index is 1250. The molecule has 11 heteroatoms. The number of ether oxygens (including phenoxy) is 3. The number of sulfonamides is 1. The number of nitrogens with zero attached hydrogens (tertiary/aromatic N) is 3. The largest absolute Gasteiger partial charge is 0.495 e. The number of allylic oxidation sites excluding steroid dienone is 3. The second kappa shape index (κ2) is 11.4. The van der Waals surface area contributed by atoms with Crippen molar-refractivity contribution in [1.82, 2.24) is 9.37 Å². The number of likely N-dealkylation sites (tertiary alicyclic amines) is 1. The SMILES string of the molecule is CCC(=O)N1CC[C@H](OC2=C(C3=CN(c4ccc(OC)c(S(=O)(=O)N(C)OC)c4)C=CO3)CCC=C2)C1. The third kappa shape index (κ3) is 5.68. The van der Waals surface area contributed by atoms with Crippen LogP contribution in [0.2, 0.25) is 0 Å². The Morgan fingerprint density at radius 3 is 2.81 bits per heavy atom. The number of hydrogen-bond donors (Lipinski definition) is 0. The minimum atomic E-state index is -3.94. The second-order valence-corrected chi connectivity index (χ2v) is 10.6. The number of hydroxylamine groups is 1. The van der Waals surface area contributed by atoms with Gasteiger partial charge in [0.1, 0.15) is 34.5 Å². The molecule has 200 valence electrons. The average Bonchev–Trinajstić information content (AvgIpc) is 3.40. The molecular weight excluding hydrogens is 498 g/mol. The summed E-state index contributed by atoms with van der Waals surface area (Å²) >= 11 is 0. The lowest BCUT2D eigenvalue weighted by atomic mass is 10.0. The molecule has 1 atom stereocenters. The van der Waals surface area contributed by atoms with Gasteiger partial charge in [-0.05, 0) is 37.1 Å². The molecule has 0 bridgehead atoms. The fourth-order valence-corrected chi connectivity index (χ4v) is 5.54. The molecule has 1 aromatic carbocycles. The molecule has 37 heavy (non-hydrogen) atoms. The lowest BCUT2D eigenvalue weighted by Gasteiger charge is -2.26. The van der Waals surface area contributed by atoms with Crippen LogP contribution in [0.1, 0.15) is 32.6 Å². The van der Waals surface area contributed by atoms with Crippen molar-refractivity contribution in [1.29, 1.82) is 0 Å². The summed E-state index contributed by atoms with van der Waals surface area (Å²) in [6, 6.07) is 4.89. The smallest absolute Gasteiger partial charge is 0.268 e. The Morgan fingerprint density at radius 2 is 2.08 bits per heavy atom. The van der Waals surface area contributed by atoms with E-state index < -0.39 is 10.0 Å². The summed E-state index contributed by atoms with van der Waals surface area (Å²) in [6.07, 6.45) is 11.8. The van der Waals surface area contributed by atoms with Crippen molar-refractivity contribution in [3.8, 4) is 5.75 Å². The molecule has 0 spiro atoms. The Hall–Kier alpha value is -3.28. The summed E-state index contributed by atoms with van der Waals surface area (Å²) in [5.74, 6) is 1.67. The molecule has 1 amide bonds. The van der Waals surface area contributed by atoms with E-state index in [-0.39, 0.29) is 22.7 Å². The van der Waals surface area contributed by atoms with Gasteiger partial charge in [-0.3, -0.25) is 9.63 Å². The molecule has 0 saturated carbocycles. The molecule has 1 fully saturated rings. The Kier molecular flexibility index (Phi) is 8.25. The van der Waals surface area contributed by atoms with E-state index in [1.54, 1.807) is 35.7 Å². The van der Waals surface area contributed by atoms with Crippen LogP contribution in [0.15, 0.2) is 71.0 Å². The molecule has 1 aromatic rings. The maximum Gasteiger partial charge on any atom is 0.268 e. The molecule has 1 aliphatic carbocycles. The van der Waals surface area contributed by atoms with Crippen molar-refractivity contribution in [3.63, 3.8) is 0 Å². The summed E-state index contributed by atoms with van der Waals surface area (Å²) in [5.41, 5.74) is 1.51. The van der Waals surface area contributed by atoms with Crippen LogP contribution in [0.5, 0.6) is 5.75 Å². The van der Waals surface area contributed by atoms with Gasteiger partial charge in [0.15, 0.2) is 0 Å². The number of hydrogen-bond acceptors (Lipinski definition) is 8. The van der Waals surface area contributed by atoms with Gasteiger partial charge in [-0.1, -0.05) is 17.5 Å². The average molecular weight is 532 g/mol. The lowest BCUT2D eigenvalue weighted by Crippen LogP contribution is -2.29. The first-order chi connectivity index (χ1) is 17.8. The highest BCUT2D eigenvalue weighted by atomic mass is 32.2. The molecule has 1 saturated heterocycles. The fourth-order valence-electron chi connectivity index (χ4n) is 4.39. The van der Waals surface area contributed by atoms with Crippen LogP contribution in [-0.4, -0.2) is 64.2 Å². The summed E-state index contributed by atoms with van der Waals surface area (Å²) in [4.78, 5) is 20.6. The first-order valence-electron chi connectivity index (χ1n) is 12.2. The lowest BCUT2D eigenvalue weighted by molar-refractivity contribution is -0.130. The number of carbonyl (C=O) groups is 1. The van der Waals surface area contributed by atoms with Crippen LogP contribution < -0.4 is 9.64 Å². The highest BCUT2D eigenvalue weighted by molar-refractivity contribution is 7.89. The maximum absolute atomic E-state index is 13.0. The van der Waals surface area contributed by atoms with E-state index in [0.29, 0.717) is 31.0 Å². The predicted octanol–water partition coefficient (Wildman–Crippen LogP) is 3.66. The van der Waals surface area contributed by atoms with Crippen LogP contribution in [0.25, 0.3) is 0 Å². The Morgan fingerprint density at radius 1 is 1.27 bits per heavy atom. The summed E-state index contributed by atoms with van der Waals surface area (Å²) in [7, 11) is 0.0735. The first kappa shape index (κ1) is 26.8. The van der Waals surface area contributed by atoms with Crippen LogP contribution in [-0.2, 0) is 29.1 Å². The van der Waals surface area contributed by atoms with Gasteiger partial charge in [0.2, 0.25) is 5.91 Å². The Balaban J connectivity index is 1.62. The van der Waals surface area contributed by atoms with E-state index in [1.807, 2.05) is 17.9 Å². The number of rotatable bonds is 9. The Labute approximate surface area is 218 Å². The first-order valence-corrected chi connectivity index (χ1v) is 13.6. The van der Waals surface area contributed by atoms with E-state index in [2.05, 4.69) is 6.08 Å². The summed E-state index contributed by atoms with van der Waals surface area (Å²) < 4.78 is 44.2. The van der Waals surface area contributed by atoms with Gasteiger partial charge in [0.25, 0.3) is 10.0 Å². The zero-order valence-electron chi connectivity index (χ0n) is 21.5. The van der Waals surface area contributed by atoms with Gasteiger partial charge in [-0.15, -0.1) is 0 Å². The van der Waals surface area contributed by atoms with Crippen LogP contribution >= 0.6 is 0 Å². The molecule has 0 aromatic heterocycles. The molecule has 0 radical (unpaired) electrons. The van der Waals surface area contributed by atoms with Gasteiger partial charge in [0.05, 0.1) is 27.0 Å². The van der Waals surface area contributed by atoms with Gasteiger partial charge in [-0.25, -0.2) is 8.42 Å². The van der Waals surface area contributed by atoms with E-state index in [0.717, 1.165) is 35.1 Å². The van der Waals surface area contributed by atoms with E-state index >= 15 is 0 Å². The molecule has 4 rings (SSSR count). The number of carbonyl (C=O) groups excluding carboxylic acids is 1. The monoisotopic (exact) mass is 531 g/mol. The van der Waals surface area contributed by atoms with Gasteiger partial charge in [0, 0.05) is 43.9 Å². The van der Waals surface area contributed by atoms with Crippen LogP contribution in [0.3, 0.4) is 0 Å². The molecule has 10 nitrogen and oxygen atoms in total. The van der Waals surface area contributed by atoms with Crippen molar-refractivity contribution in [2.75, 3.05) is 39.3 Å². The zero-order chi connectivity index (χ0) is 26.6. The van der Waals surface area contributed by atoms with Gasteiger partial charge >= 0.3 is 0 Å². The van der Waals surface area contributed by atoms with Crippen molar-refractivity contribution < 1.29 is 32.3 Å². The third-order valence-electron chi connectivity index (χ3n) is 6.51. The van der Waals surface area contributed by atoms with E-state index in [1.165, 1.54) is 27.3 Å². The predicted molar refractivity (Wildman–Crippen MR) is 137 cm³/mol. The van der Waals surface area contributed by atoms with E-state index in [9.17, 15) is 13.2 Å².